The Morgan fingerprint density at radius 1 is 0.677 bits per heavy atom. The van der Waals surface area contributed by atoms with Gasteiger partial charge in [0.2, 0.25) is 0 Å². The van der Waals surface area contributed by atoms with Crippen LogP contribution in [-0.4, -0.2) is 7.11 Å². The SMILES string of the molecule is COc1cc(Cl)c(C[P+](c2ccccc2)(c2ccccc2)c2ccccc2)c(C)c1C. The van der Waals surface area contributed by atoms with Crippen LogP contribution >= 0.6 is 18.9 Å². The molecule has 4 aromatic rings. The third kappa shape index (κ3) is 4.01. The fourth-order valence-corrected chi connectivity index (χ4v) is 9.08. The number of rotatable bonds is 6. The van der Waals surface area contributed by atoms with Gasteiger partial charge in [0.05, 0.1) is 12.1 Å². The summed E-state index contributed by atoms with van der Waals surface area (Å²) in [6.07, 6.45) is 0.862. The van der Waals surface area contributed by atoms with Crippen molar-refractivity contribution in [3.8, 4) is 5.75 Å². The van der Waals surface area contributed by atoms with Crippen molar-refractivity contribution >= 4 is 34.8 Å². The zero-order valence-electron chi connectivity index (χ0n) is 18.2. The lowest BCUT2D eigenvalue weighted by atomic mass is 10.0. The molecule has 4 rings (SSSR count). The largest absolute Gasteiger partial charge is 0.496 e. The second kappa shape index (κ2) is 9.27. The summed E-state index contributed by atoms with van der Waals surface area (Å²) in [7, 11) is -0.296. The Balaban J connectivity index is 2.04. The number of ether oxygens (including phenoxy) is 1. The predicted molar refractivity (Wildman–Crippen MR) is 136 cm³/mol. The van der Waals surface area contributed by atoms with Crippen LogP contribution in [0.4, 0.5) is 0 Å². The van der Waals surface area contributed by atoms with Crippen molar-refractivity contribution in [2.24, 2.45) is 0 Å². The molecular formula is C28H27ClOP+. The summed E-state index contributed by atoms with van der Waals surface area (Å²) >= 11 is 6.89. The molecule has 0 heterocycles. The van der Waals surface area contributed by atoms with Crippen LogP contribution in [0.5, 0.6) is 5.75 Å². The highest BCUT2D eigenvalue weighted by molar-refractivity contribution is 7.95. The summed E-state index contributed by atoms with van der Waals surface area (Å²) in [5.41, 5.74) is 3.55. The molecule has 0 radical (unpaired) electrons. The van der Waals surface area contributed by atoms with Crippen LogP contribution in [-0.2, 0) is 6.16 Å². The van der Waals surface area contributed by atoms with Gasteiger partial charge >= 0.3 is 0 Å². The predicted octanol–water partition coefficient (Wildman–Crippen LogP) is 6.46. The van der Waals surface area contributed by atoms with Crippen LogP contribution in [0.25, 0.3) is 0 Å². The highest BCUT2D eigenvalue weighted by Gasteiger charge is 2.46. The summed E-state index contributed by atoms with van der Waals surface area (Å²) in [5.74, 6) is 0.842. The Labute approximate surface area is 191 Å². The maximum Gasteiger partial charge on any atom is 0.123 e. The molecule has 0 aromatic heterocycles. The van der Waals surface area contributed by atoms with Gasteiger partial charge in [-0.05, 0) is 67.4 Å². The molecule has 0 aliphatic rings. The minimum absolute atomic E-state index is 0.770. The lowest BCUT2D eigenvalue weighted by Crippen LogP contribution is -2.32. The highest BCUT2D eigenvalue weighted by Crippen LogP contribution is 2.59. The van der Waals surface area contributed by atoms with E-state index in [0.29, 0.717) is 0 Å². The molecule has 0 spiro atoms. The van der Waals surface area contributed by atoms with E-state index < -0.39 is 7.26 Å². The van der Waals surface area contributed by atoms with Crippen LogP contribution < -0.4 is 20.7 Å². The lowest BCUT2D eigenvalue weighted by molar-refractivity contribution is 0.411. The average Bonchev–Trinajstić information content (AvgIpc) is 2.83. The molecule has 0 N–H and O–H groups in total. The molecule has 31 heavy (non-hydrogen) atoms. The third-order valence-corrected chi connectivity index (χ3v) is 10.8. The van der Waals surface area contributed by atoms with E-state index >= 15 is 0 Å². The first-order valence-corrected chi connectivity index (χ1v) is 12.8. The normalized spacial score (nSPS) is 11.4. The van der Waals surface area contributed by atoms with E-state index in [-0.39, 0.29) is 0 Å². The molecule has 0 atom stereocenters. The van der Waals surface area contributed by atoms with Crippen molar-refractivity contribution in [1.29, 1.82) is 0 Å². The molecule has 0 aliphatic heterocycles. The van der Waals surface area contributed by atoms with Gasteiger partial charge in [-0.15, -0.1) is 0 Å². The Bertz CT molecular complexity index is 1060. The lowest BCUT2D eigenvalue weighted by Gasteiger charge is -2.29. The van der Waals surface area contributed by atoms with E-state index in [9.17, 15) is 0 Å². The average molecular weight is 446 g/mol. The van der Waals surface area contributed by atoms with Gasteiger partial charge in [-0.1, -0.05) is 66.2 Å². The van der Waals surface area contributed by atoms with Crippen LogP contribution in [0.15, 0.2) is 97.1 Å². The first kappa shape index (κ1) is 21.6. The molecule has 0 aliphatic carbocycles. The van der Waals surface area contributed by atoms with E-state index in [4.69, 9.17) is 16.3 Å². The Hall–Kier alpha value is -2.60. The van der Waals surface area contributed by atoms with Gasteiger partial charge in [0.15, 0.2) is 0 Å². The molecule has 156 valence electrons. The molecule has 0 amide bonds. The van der Waals surface area contributed by atoms with Crippen molar-refractivity contribution in [3.63, 3.8) is 0 Å². The molecule has 3 heteroatoms. The zero-order valence-corrected chi connectivity index (χ0v) is 19.8. The molecule has 0 saturated heterocycles. The maximum atomic E-state index is 6.89. The summed E-state index contributed by atoms with van der Waals surface area (Å²) in [5, 5.41) is 4.84. The molecule has 0 bridgehead atoms. The van der Waals surface area contributed by atoms with Crippen molar-refractivity contribution in [3.05, 3.63) is 119 Å². The number of hydrogen-bond acceptors (Lipinski definition) is 1. The van der Waals surface area contributed by atoms with E-state index in [1.54, 1.807) is 7.11 Å². The Kier molecular flexibility index (Phi) is 6.46. The van der Waals surface area contributed by atoms with E-state index in [0.717, 1.165) is 22.5 Å². The minimum Gasteiger partial charge on any atom is -0.496 e. The molecule has 0 saturated carbocycles. The van der Waals surface area contributed by atoms with Crippen molar-refractivity contribution < 1.29 is 4.74 Å². The Morgan fingerprint density at radius 2 is 1.10 bits per heavy atom. The molecule has 1 nitrogen and oxygen atoms in total. The topological polar surface area (TPSA) is 9.23 Å². The van der Waals surface area contributed by atoms with Gasteiger partial charge in [-0.25, -0.2) is 0 Å². The van der Waals surface area contributed by atoms with Gasteiger partial charge in [0, 0.05) is 5.56 Å². The summed E-state index contributed by atoms with van der Waals surface area (Å²) in [4.78, 5) is 0. The van der Waals surface area contributed by atoms with Gasteiger partial charge in [-0.2, -0.15) is 0 Å². The standard InChI is InChI=1S/C28H27ClOP/c1-21-22(2)28(30-3)19-27(29)26(21)20-31(23-13-7-4-8-14-23,24-15-9-5-10-16-24)25-17-11-6-12-18-25/h4-19H,20H2,1-3H3/q+1. The zero-order chi connectivity index (χ0) is 21.8. The van der Waals surface area contributed by atoms with E-state index in [1.165, 1.54) is 27.0 Å². The van der Waals surface area contributed by atoms with Crippen LogP contribution in [0.2, 0.25) is 5.02 Å². The summed E-state index contributed by atoms with van der Waals surface area (Å²) < 4.78 is 5.57. The minimum atomic E-state index is -2.00. The van der Waals surface area contributed by atoms with Gasteiger partial charge in [0.25, 0.3) is 0 Å². The Morgan fingerprint density at radius 3 is 1.48 bits per heavy atom. The summed E-state index contributed by atoms with van der Waals surface area (Å²) in [6, 6.07) is 34.7. The highest BCUT2D eigenvalue weighted by atomic mass is 35.5. The van der Waals surface area contributed by atoms with E-state index in [2.05, 4.69) is 105 Å². The number of methoxy groups -OCH3 is 1. The van der Waals surface area contributed by atoms with Gasteiger partial charge in [0.1, 0.15) is 35.1 Å². The maximum absolute atomic E-state index is 6.89. The number of halogens is 1. The smallest absolute Gasteiger partial charge is 0.123 e. The molecular weight excluding hydrogens is 419 g/mol. The van der Waals surface area contributed by atoms with Gasteiger partial charge < -0.3 is 4.74 Å². The number of hydrogen-bond donors (Lipinski definition) is 0. The molecule has 0 fully saturated rings. The number of benzene rings is 4. The van der Waals surface area contributed by atoms with Crippen molar-refractivity contribution in [2.75, 3.05) is 7.11 Å². The van der Waals surface area contributed by atoms with E-state index in [1.807, 2.05) is 6.07 Å². The van der Waals surface area contributed by atoms with Crippen LogP contribution in [0.1, 0.15) is 16.7 Å². The quantitative estimate of drug-likeness (QED) is 0.309. The van der Waals surface area contributed by atoms with Crippen LogP contribution in [0, 0.1) is 13.8 Å². The second-order valence-electron chi connectivity index (χ2n) is 7.76. The third-order valence-electron chi connectivity index (χ3n) is 6.14. The monoisotopic (exact) mass is 445 g/mol. The first-order chi connectivity index (χ1) is 15.1. The molecule has 4 aromatic carbocycles. The van der Waals surface area contributed by atoms with Gasteiger partial charge in [-0.3, -0.25) is 0 Å². The fraction of sp³-hybridized carbons (Fsp3) is 0.143. The first-order valence-electron chi connectivity index (χ1n) is 10.5. The molecule has 0 unspecified atom stereocenters. The van der Waals surface area contributed by atoms with Crippen LogP contribution in [0.3, 0.4) is 0 Å². The van der Waals surface area contributed by atoms with Crippen molar-refractivity contribution in [1.82, 2.24) is 0 Å². The fourth-order valence-electron chi connectivity index (χ4n) is 4.31. The van der Waals surface area contributed by atoms with Crippen molar-refractivity contribution in [2.45, 2.75) is 20.0 Å². The second-order valence-corrected chi connectivity index (χ2v) is 11.7. The summed E-state index contributed by atoms with van der Waals surface area (Å²) in [6.45, 7) is 4.27.